The van der Waals surface area contributed by atoms with E-state index >= 15 is 0 Å². The summed E-state index contributed by atoms with van der Waals surface area (Å²) in [5.41, 5.74) is 1.03. The van der Waals surface area contributed by atoms with Crippen LogP contribution in [0, 0.1) is 5.92 Å². The lowest BCUT2D eigenvalue weighted by Crippen LogP contribution is -2.39. The second-order valence-corrected chi connectivity index (χ2v) is 6.51. The van der Waals surface area contributed by atoms with Crippen LogP contribution in [0.4, 0.5) is 11.4 Å². The fourth-order valence-electron chi connectivity index (χ4n) is 3.37. The van der Waals surface area contributed by atoms with E-state index < -0.39 is 23.8 Å². The number of carbonyl (C=O) groups is 3. The van der Waals surface area contributed by atoms with Gasteiger partial charge in [0.2, 0.25) is 5.91 Å². The first-order valence-corrected chi connectivity index (χ1v) is 8.44. The summed E-state index contributed by atoms with van der Waals surface area (Å²) in [6.45, 7) is 1.34. The molecule has 0 bridgehead atoms. The number of fused-ring (bicyclic) bond motifs is 1. The normalized spacial score (nSPS) is 21.8. The van der Waals surface area contributed by atoms with Crippen LogP contribution in [0.2, 0.25) is 5.02 Å². The molecule has 0 aliphatic carbocycles. The highest BCUT2D eigenvalue weighted by atomic mass is 35.5. The fraction of sp³-hybridized carbons (Fsp3) is 0.158. The number of ketones is 1. The van der Waals surface area contributed by atoms with E-state index in [0.717, 1.165) is 4.90 Å². The van der Waals surface area contributed by atoms with Crippen molar-refractivity contribution in [1.29, 1.82) is 0 Å². The maximum Gasteiger partial charge on any atom is 0.259 e. The van der Waals surface area contributed by atoms with Gasteiger partial charge in [0.25, 0.3) is 5.91 Å². The molecular weight excluding hydrogens is 354 g/mol. The Morgan fingerprint density at radius 2 is 1.65 bits per heavy atom. The number of nitrogens with zero attached hydrogens (tertiary/aromatic N) is 3. The average molecular weight is 368 g/mol. The maximum atomic E-state index is 13.1. The average Bonchev–Trinajstić information content (AvgIpc) is 3.14. The summed E-state index contributed by atoms with van der Waals surface area (Å²) in [6, 6.07) is 14.6. The van der Waals surface area contributed by atoms with Crippen molar-refractivity contribution < 1.29 is 14.4 Å². The van der Waals surface area contributed by atoms with Gasteiger partial charge in [-0.05, 0) is 24.3 Å². The molecule has 6 nitrogen and oxygen atoms in total. The molecule has 1 fully saturated rings. The summed E-state index contributed by atoms with van der Waals surface area (Å²) in [4.78, 5) is 39.3. The SMILES string of the molecule is CC(=O)C1=NN(c2ccccc2Cl)[C@H]2C(=O)N(c3ccccc3)C(=O)[C@@H]12. The first-order chi connectivity index (χ1) is 12.5. The largest absolute Gasteiger partial charge is 0.293 e. The third-order valence-electron chi connectivity index (χ3n) is 4.52. The topological polar surface area (TPSA) is 70.1 Å². The highest BCUT2D eigenvalue weighted by Crippen LogP contribution is 2.39. The zero-order valence-electron chi connectivity index (χ0n) is 13.8. The van der Waals surface area contributed by atoms with E-state index in [-0.39, 0.29) is 11.5 Å². The molecule has 7 heteroatoms. The molecule has 0 radical (unpaired) electrons. The quantitative estimate of drug-likeness (QED) is 0.782. The molecule has 2 aromatic carbocycles. The number of rotatable bonds is 3. The van der Waals surface area contributed by atoms with Gasteiger partial charge >= 0.3 is 0 Å². The monoisotopic (exact) mass is 367 g/mol. The predicted molar refractivity (Wildman–Crippen MR) is 98.3 cm³/mol. The molecule has 0 saturated carbocycles. The Balaban J connectivity index is 1.83. The Labute approximate surface area is 154 Å². The number of Topliss-reactive ketones (excluding diaryl/α,β-unsaturated/α-hetero) is 1. The zero-order valence-corrected chi connectivity index (χ0v) is 14.6. The maximum absolute atomic E-state index is 13.1. The minimum atomic E-state index is -0.934. The lowest BCUT2D eigenvalue weighted by atomic mass is 9.95. The number of benzene rings is 2. The molecule has 2 aromatic rings. The molecule has 26 heavy (non-hydrogen) atoms. The van der Waals surface area contributed by atoms with Gasteiger partial charge in [-0.15, -0.1) is 0 Å². The molecule has 0 spiro atoms. The van der Waals surface area contributed by atoms with Gasteiger partial charge in [0, 0.05) is 6.92 Å². The van der Waals surface area contributed by atoms with Crippen LogP contribution in [0.1, 0.15) is 6.92 Å². The summed E-state index contributed by atoms with van der Waals surface area (Å²) in [7, 11) is 0. The van der Waals surface area contributed by atoms with Crippen LogP contribution in [0.25, 0.3) is 0 Å². The van der Waals surface area contributed by atoms with Crippen molar-refractivity contribution in [3.05, 3.63) is 59.6 Å². The van der Waals surface area contributed by atoms with Crippen LogP contribution >= 0.6 is 11.6 Å². The fourth-order valence-corrected chi connectivity index (χ4v) is 3.59. The number of carbonyl (C=O) groups excluding carboxylic acids is 3. The van der Waals surface area contributed by atoms with Crippen molar-refractivity contribution in [1.82, 2.24) is 0 Å². The van der Waals surface area contributed by atoms with E-state index in [2.05, 4.69) is 5.10 Å². The smallest absolute Gasteiger partial charge is 0.259 e. The van der Waals surface area contributed by atoms with Crippen LogP contribution in [0.15, 0.2) is 59.7 Å². The standard InChI is InChI=1S/C19H14ClN3O3/c1-11(24)16-15-17(23(21-16)14-10-6-5-9-13(14)20)19(26)22(18(15)25)12-7-3-2-4-8-12/h2-10,15,17H,1H3/t15-,17+/m0/s1. The number of imide groups is 1. The molecular formula is C19H14ClN3O3. The van der Waals surface area contributed by atoms with E-state index in [1.54, 1.807) is 54.6 Å². The van der Waals surface area contributed by atoms with Crippen LogP contribution in [0.5, 0.6) is 0 Å². The molecule has 2 atom stereocenters. The Kier molecular flexibility index (Phi) is 3.85. The van der Waals surface area contributed by atoms with Crippen molar-refractivity contribution in [3.63, 3.8) is 0 Å². The summed E-state index contributed by atoms with van der Waals surface area (Å²) in [5.74, 6) is -2.15. The molecule has 0 aromatic heterocycles. The minimum absolute atomic E-state index is 0.0756. The molecule has 0 unspecified atom stereocenters. The second-order valence-electron chi connectivity index (χ2n) is 6.11. The number of hydrazone groups is 1. The molecule has 2 heterocycles. The Bertz CT molecular complexity index is 958. The second kappa shape index (κ2) is 6.07. The number of hydrogen-bond acceptors (Lipinski definition) is 5. The van der Waals surface area contributed by atoms with Crippen LogP contribution in [-0.2, 0) is 14.4 Å². The van der Waals surface area contributed by atoms with Gasteiger partial charge in [-0.1, -0.05) is 41.9 Å². The molecule has 1 saturated heterocycles. The molecule has 130 valence electrons. The highest BCUT2D eigenvalue weighted by molar-refractivity contribution is 6.49. The Morgan fingerprint density at radius 3 is 2.31 bits per heavy atom. The zero-order chi connectivity index (χ0) is 18.4. The first-order valence-electron chi connectivity index (χ1n) is 8.06. The third-order valence-corrected chi connectivity index (χ3v) is 4.84. The number of anilines is 2. The Morgan fingerprint density at radius 1 is 1.00 bits per heavy atom. The lowest BCUT2D eigenvalue weighted by Gasteiger charge is -2.22. The molecule has 2 aliphatic heterocycles. The molecule has 2 aliphatic rings. The van der Waals surface area contributed by atoms with E-state index in [1.807, 2.05) is 0 Å². The van der Waals surface area contributed by atoms with Gasteiger partial charge in [0.1, 0.15) is 17.7 Å². The van der Waals surface area contributed by atoms with Crippen molar-refractivity contribution >= 4 is 46.3 Å². The summed E-state index contributed by atoms with van der Waals surface area (Å²) >= 11 is 6.25. The van der Waals surface area contributed by atoms with E-state index in [0.29, 0.717) is 16.4 Å². The number of halogens is 1. The van der Waals surface area contributed by atoms with E-state index in [1.165, 1.54) is 11.9 Å². The summed E-state index contributed by atoms with van der Waals surface area (Å²) < 4.78 is 0. The Hall–Kier alpha value is -2.99. The van der Waals surface area contributed by atoms with Crippen LogP contribution in [-0.4, -0.2) is 29.4 Å². The van der Waals surface area contributed by atoms with Crippen molar-refractivity contribution in [2.24, 2.45) is 11.0 Å². The van der Waals surface area contributed by atoms with Gasteiger partial charge in [-0.2, -0.15) is 5.10 Å². The van der Waals surface area contributed by atoms with Gasteiger partial charge < -0.3 is 0 Å². The predicted octanol–water partition coefficient (Wildman–Crippen LogP) is 2.66. The van der Waals surface area contributed by atoms with Crippen LogP contribution < -0.4 is 9.91 Å². The van der Waals surface area contributed by atoms with Gasteiger partial charge in [-0.3, -0.25) is 14.4 Å². The van der Waals surface area contributed by atoms with E-state index in [9.17, 15) is 14.4 Å². The third kappa shape index (κ3) is 2.34. The highest BCUT2D eigenvalue weighted by Gasteiger charge is 2.58. The van der Waals surface area contributed by atoms with Crippen LogP contribution in [0.3, 0.4) is 0 Å². The van der Waals surface area contributed by atoms with Crippen molar-refractivity contribution in [2.45, 2.75) is 13.0 Å². The van der Waals surface area contributed by atoms with Crippen molar-refractivity contribution in [3.8, 4) is 0 Å². The minimum Gasteiger partial charge on any atom is -0.293 e. The van der Waals surface area contributed by atoms with E-state index in [4.69, 9.17) is 11.6 Å². The molecule has 2 amide bonds. The number of amides is 2. The molecule has 0 N–H and O–H groups in total. The van der Waals surface area contributed by atoms with Gasteiger partial charge in [0.05, 0.1) is 16.4 Å². The summed E-state index contributed by atoms with van der Waals surface area (Å²) in [6.07, 6.45) is 0. The molecule has 4 rings (SSSR count). The van der Waals surface area contributed by atoms with Gasteiger partial charge in [0.15, 0.2) is 5.78 Å². The summed E-state index contributed by atoms with van der Waals surface area (Å²) in [5, 5.41) is 6.06. The van der Waals surface area contributed by atoms with Crippen molar-refractivity contribution in [2.75, 3.05) is 9.91 Å². The number of para-hydroxylation sites is 2. The lowest BCUT2D eigenvalue weighted by molar-refractivity contribution is -0.122. The first kappa shape index (κ1) is 16.5. The number of hydrogen-bond donors (Lipinski definition) is 0. The van der Waals surface area contributed by atoms with Gasteiger partial charge in [-0.25, -0.2) is 9.91 Å².